The molecule has 1 atom stereocenters. The first-order valence-corrected chi connectivity index (χ1v) is 9.68. The average Bonchev–Trinajstić information content (AvgIpc) is 2.71. The number of carbonyl (C=O) groups excluding carboxylic acids is 1. The summed E-state index contributed by atoms with van der Waals surface area (Å²) in [5, 5.41) is 9.40. The monoisotopic (exact) mass is 384 g/mol. The van der Waals surface area contributed by atoms with E-state index in [1.165, 1.54) is 12.1 Å². The molecule has 0 radical (unpaired) electrons. The lowest BCUT2D eigenvalue weighted by atomic mass is 10.1. The molecule has 0 saturated carbocycles. The topological polar surface area (TPSA) is 65.5 Å². The summed E-state index contributed by atoms with van der Waals surface area (Å²) < 4.78 is 13.0. The van der Waals surface area contributed by atoms with E-state index in [2.05, 4.69) is 20.9 Å². The molecule has 1 unspecified atom stereocenters. The fourth-order valence-corrected chi connectivity index (χ4v) is 2.52. The van der Waals surface area contributed by atoms with E-state index in [1.54, 1.807) is 12.1 Å². The van der Waals surface area contributed by atoms with Gasteiger partial charge in [-0.3, -0.25) is 4.79 Å². The van der Waals surface area contributed by atoms with Crippen LogP contribution in [0.25, 0.3) is 0 Å². The number of amides is 1. The predicted octanol–water partition coefficient (Wildman–Crippen LogP) is 3.61. The number of nitrogens with zero attached hydrogens (tertiary/aromatic N) is 1. The van der Waals surface area contributed by atoms with Crippen LogP contribution in [0.4, 0.5) is 4.39 Å². The van der Waals surface area contributed by atoms with Gasteiger partial charge in [-0.25, -0.2) is 9.38 Å². The van der Waals surface area contributed by atoms with Gasteiger partial charge < -0.3 is 16.0 Å². The van der Waals surface area contributed by atoms with Crippen molar-refractivity contribution in [3.63, 3.8) is 0 Å². The molecular formula is C22H29FN4O. The van der Waals surface area contributed by atoms with Crippen LogP contribution in [0.5, 0.6) is 0 Å². The quantitative estimate of drug-likeness (QED) is 0.481. The third kappa shape index (κ3) is 7.02. The molecule has 2 rings (SSSR count). The lowest BCUT2D eigenvalue weighted by Gasteiger charge is -2.13. The van der Waals surface area contributed by atoms with Crippen molar-refractivity contribution < 1.29 is 9.18 Å². The number of aliphatic imine (C=N–C) groups is 1. The predicted molar refractivity (Wildman–Crippen MR) is 112 cm³/mol. The number of benzene rings is 2. The van der Waals surface area contributed by atoms with Crippen molar-refractivity contribution >= 4 is 11.9 Å². The van der Waals surface area contributed by atoms with Gasteiger partial charge in [0.2, 0.25) is 0 Å². The van der Waals surface area contributed by atoms with E-state index < -0.39 is 0 Å². The third-order valence-electron chi connectivity index (χ3n) is 4.32. The molecule has 0 spiro atoms. The first kappa shape index (κ1) is 21.4. The standard InChI is InChI=1S/C22H29FN4O/c1-4-16(3)27-21(28)19-8-6-7-18(13-19)15-26-22(24-5-2)25-14-17-9-11-20(23)12-10-17/h6-13,16H,4-5,14-15H2,1-3H3,(H,27,28)(H2,24,25,26). The van der Waals surface area contributed by atoms with E-state index in [0.29, 0.717) is 24.6 Å². The van der Waals surface area contributed by atoms with Gasteiger partial charge in [0, 0.05) is 24.7 Å². The van der Waals surface area contributed by atoms with Gasteiger partial charge in [0.25, 0.3) is 5.91 Å². The van der Waals surface area contributed by atoms with Gasteiger partial charge in [-0.05, 0) is 55.7 Å². The highest BCUT2D eigenvalue weighted by Gasteiger charge is 2.09. The van der Waals surface area contributed by atoms with Gasteiger partial charge in [0.05, 0.1) is 6.54 Å². The van der Waals surface area contributed by atoms with Crippen LogP contribution in [0.3, 0.4) is 0 Å². The minimum atomic E-state index is -0.249. The van der Waals surface area contributed by atoms with E-state index >= 15 is 0 Å². The molecule has 6 heteroatoms. The molecule has 5 nitrogen and oxygen atoms in total. The van der Waals surface area contributed by atoms with Crippen LogP contribution in [0.15, 0.2) is 53.5 Å². The van der Waals surface area contributed by atoms with Gasteiger partial charge in [0.1, 0.15) is 5.82 Å². The summed E-state index contributed by atoms with van der Waals surface area (Å²) in [6, 6.07) is 14.0. The summed E-state index contributed by atoms with van der Waals surface area (Å²) in [4.78, 5) is 16.9. The Hall–Kier alpha value is -2.89. The number of rotatable bonds is 8. The van der Waals surface area contributed by atoms with E-state index in [4.69, 9.17) is 0 Å². The van der Waals surface area contributed by atoms with Crippen LogP contribution in [0.2, 0.25) is 0 Å². The lowest BCUT2D eigenvalue weighted by molar-refractivity contribution is 0.0939. The number of nitrogens with one attached hydrogen (secondary N) is 3. The van der Waals surface area contributed by atoms with Crippen LogP contribution in [-0.4, -0.2) is 24.5 Å². The SMILES string of the molecule is CCNC(=NCc1cccc(C(=O)NC(C)CC)c1)NCc1ccc(F)cc1. The van der Waals surface area contributed by atoms with Crippen LogP contribution < -0.4 is 16.0 Å². The number of hydrogen-bond acceptors (Lipinski definition) is 2. The zero-order valence-corrected chi connectivity index (χ0v) is 16.8. The first-order valence-electron chi connectivity index (χ1n) is 9.68. The summed E-state index contributed by atoms with van der Waals surface area (Å²) in [6.07, 6.45) is 0.890. The summed E-state index contributed by atoms with van der Waals surface area (Å²) in [7, 11) is 0. The molecule has 0 fully saturated rings. The molecule has 2 aromatic rings. The van der Waals surface area contributed by atoms with Gasteiger partial charge in [-0.15, -0.1) is 0 Å². The highest BCUT2D eigenvalue weighted by atomic mass is 19.1. The van der Waals surface area contributed by atoms with E-state index in [1.807, 2.05) is 45.0 Å². The molecule has 0 aliphatic rings. The molecular weight excluding hydrogens is 355 g/mol. The number of carbonyl (C=O) groups is 1. The zero-order chi connectivity index (χ0) is 20.4. The molecule has 0 saturated heterocycles. The van der Waals surface area contributed by atoms with Crippen LogP contribution >= 0.6 is 0 Å². The van der Waals surface area contributed by atoms with E-state index in [0.717, 1.165) is 24.1 Å². The highest BCUT2D eigenvalue weighted by molar-refractivity contribution is 5.94. The Morgan fingerprint density at radius 3 is 2.50 bits per heavy atom. The van der Waals surface area contributed by atoms with Gasteiger partial charge in [-0.1, -0.05) is 31.2 Å². The molecule has 0 bridgehead atoms. The minimum absolute atomic E-state index is 0.0680. The summed E-state index contributed by atoms with van der Waals surface area (Å²) >= 11 is 0. The average molecular weight is 384 g/mol. The van der Waals surface area contributed by atoms with Crippen molar-refractivity contribution in [3.05, 3.63) is 71.0 Å². The van der Waals surface area contributed by atoms with Crippen molar-refractivity contribution in [1.82, 2.24) is 16.0 Å². The third-order valence-corrected chi connectivity index (χ3v) is 4.32. The molecule has 2 aromatic carbocycles. The van der Waals surface area contributed by atoms with Crippen molar-refractivity contribution in [2.75, 3.05) is 6.54 Å². The second-order valence-electron chi connectivity index (χ2n) is 6.66. The normalized spacial score (nSPS) is 12.4. The Kier molecular flexibility index (Phi) is 8.46. The van der Waals surface area contributed by atoms with Crippen LogP contribution in [-0.2, 0) is 13.1 Å². The van der Waals surface area contributed by atoms with Crippen molar-refractivity contribution in [2.45, 2.75) is 46.3 Å². The zero-order valence-electron chi connectivity index (χ0n) is 16.8. The molecule has 3 N–H and O–H groups in total. The molecule has 150 valence electrons. The van der Waals surface area contributed by atoms with E-state index in [9.17, 15) is 9.18 Å². The minimum Gasteiger partial charge on any atom is -0.357 e. The fourth-order valence-electron chi connectivity index (χ4n) is 2.52. The van der Waals surface area contributed by atoms with E-state index in [-0.39, 0.29) is 17.8 Å². The van der Waals surface area contributed by atoms with Gasteiger partial charge in [-0.2, -0.15) is 0 Å². The molecule has 28 heavy (non-hydrogen) atoms. The maximum atomic E-state index is 13.0. The largest absolute Gasteiger partial charge is 0.357 e. The second kappa shape index (κ2) is 11.1. The lowest BCUT2D eigenvalue weighted by Crippen LogP contribution is -2.36. The van der Waals surface area contributed by atoms with Crippen molar-refractivity contribution in [1.29, 1.82) is 0 Å². The summed E-state index contributed by atoms with van der Waals surface area (Å²) in [5.41, 5.74) is 2.56. The first-order chi connectivity index (χ1) is 13.5. The Morgan fingerprint density at radius 2 is 1.82 bits per heavy atom. The maximum Gasteiger partial charge on any atom is 0.251 e. The molecule has 0 aromatic heterocycles. The summed E-state index contributed by atoms with van der Waals surface area (Å²) in [5.74, 6) is 0.351. The number of guanidine groups is 1. The van der Waals surface area contributed by atoms with Gasteiger partial charge in [0.15, 0.2) is 5.96 Å². The smallest absolute Gasteiger partial charge is 0.251 e. The molecule has 0 heterocycles. The van der Waals surface area contributed by atoms with Crippen molar-refractivity contribution in [3.8, 4) is 0 Å². The second-order valence-corrected chi connectivity index (χ2v) is 6.66. The maximum absolute atomic E-state index is 13.0. The Labute approximate surface area is 166 Å². The van der Waals surface area contributed by atoms with Crippen LogP contribution in [0, 0.1) is 5.82 Å². The Balaban J connectivity index is 2.00. The molecule has 0 aliphatic carbocycles. The summed E-state index contributed by atoms with van der Waals surface area (Å²) in [6.45, 7) is 7.74. The highest BCUT2D eigenvalue weighted by Crippen LogP contribution is 2.08. The Bertz CT molecular complexity index is 789. The van der Waals surface area contributed by atoms with Crippen LogP contribution in [0.1, 0.15) is 48.7 Å². The number of halogens is 1. The fraction of sp³-hybridized carbons (Fsp3) is 0.364. The molecule has 0 aliphatic heterocycles. The van der Waals surface area contributed by atoms with Gasteiger partial charge >= 0.3 is 0 Å². The van der Waals surface area contributed by atoms with Crippen molar-refractivity contribution in [2.24, 2.45) is 4.99 Å². The number of hydrogen-bond donors (Lipinski definition) is 3. The Morgan fingerprint density at radius 1 is 1.07 bits per heavy atom. The molecule has 1 amide bonds.